The van der Waals surface area contributed by atoms with Gasteiger partial charge in [0.15, 0.2) is 0 Å². The number of carbonyl (C=O) groups excluding carboxylic acids is 1. The van der Waals surface area contributed by atoms with Gasteiger partial charge in [-0.1, -0.05) is 32.0 Å². The second-order valence-corrected chi connectivity index (χ2v) is 5.68. The molecule has 1 aromatic carbocycles. The molecule has 0 spiro atoms. The van der Waals surface area contributed by atoms with Crippen LogP contribution in [0.25, 0.3) is 0 Å². The second kappa shape index (κ2) is 9.11. The van der Waals surface area contributed by atoms with Crippen molar-refractivity contribution >= 4 is 23.2 Å². The summed E-state index contributed by atoms with van der Waals surface area (Å²) in [5, 5.41) is 14.9. The molecule has 1 aromatic rings. The fourth-order valence-corrected chi connectivity index (χ4v) is 2.16. The Morgan fingerprint density at radius 2 is 2.18 bits per heavy atom. The van der Waals surface area contributed by atoms with Crippen LogP contribution in [0.1, 0.15) is 37.3 Å². The van der Waals surface area contributed by atoms with E-state index in [1.54, 1.807) is 0 Å². The van der Waals surface area contributed by atoms with E-state index in [0.29, 0.717) is 24.8 Å². The van der Waals surface area contributed by atoms with Crippen molar-refractivity contribution in [3.05, 3.63) is 41.1 Å². The standard InChI is InChI=1S/C17H22ClN3O/c1-12(2)15-7-4-6-13(3)16(15)21-11-14(10-19)17(22)20-9-5-8-18/h4,6-7,11-12,21H,5,8-9H2,1-3H3,(H,20,22)/b14-11-. The quantitative estimate of drug-likeness (QED) is 0.349. The topological polar surface area (TPSA) is 64.9 Å². The number of nitrogens with zero attached hydrogens (tertiary/aromatic N) is 1. The van der Waals surface area contributed by atoms with Crippen LogP contribution in [0.5, 0.6) is 0 Å². The number of nitrogens with one attached hydrogen (secondary N) is 2. The SMILES string of the molecule is Cc1cccc(C(C)C)c1N/C=C(/C#N)C(=O)NCCCCl. The summed E-state index contributed by atoms with van der Waals surface area (Å²) in [5.41, 5.74) is 3.21. The number of benzene rings is 1. The number of halogens is 1. The van der Waals surface area contributed by atoms with E-state index >= 15 is 0 Å². The molecular formula is C17H22ClN3O. The Hall–Kier alpha value is -1.99. The predicted octanol–water partition coefficient (Wildman–Crippen LogP) is 3.68. The van der Waals surface area contributed by atoms with Crippen molar-refractivity contribution in [3.63, 3.8) is 0 Å². The first-order valence-electron chi connectivity index (χ1n) is 7.31. The number of hydrogen-bond acceptors (Lipinski definition) is 3. The fourth-order valence-electron chi connectivity index (χ4n) is 2.03. The lowest BCUT2D eigenvalue weighted by Gasteiger charge is -2.15. The Morgan fingerprint density at radius 3 is 2.77 bits per heavy atom. The summed E-state index contributed by atoms with van der Waals surface area (Å²) in [6, 6.07) is 7.96. The molecule has 0 radical (unpaired) electrons. The first-order chi connectivity index (χ1) is 10.5. The maximum Gasteiger partial charge on any atom is 0.263 e. The van der Waals surface area contributed by atoms with Crippen molar-refractivity contribution in [2.45, 2.75) is 33.1 Å². The van der Waals surface area contributed by atoms with Crippen LogP contribution >= 0.6 is 11.6 Å². The van der Waals surface area contributed by atoms with Gasteiger partial charge in [-0.05, 0) is 30.4 Å². The van der Waals surface area contributed by atoms with Crippen LogP contribution in [0, 0.1) is 18.3 Å². The maximum atomic E-state index is 11.9. The van der Waals surface area contributed by atoms with E-state index in [9.17, 15) is 4.79 Å². The number of hydrogen-bond donors (Lipinski definition) is 2. The minimum Gasteiger partial charge on any atom is -0.360 e. The van der Waals surface area contributed by atoms with Crippen molar-refractivity contribution in [2.75, 3.05) is 17.7 Å². The number of alkyl halides is 1. The van der Waals surface area contributed by atoms with Gasteiger partial charge in [-0.25, -0.2) is 0 Å². The summed E-state index contributed by atoms with van der Waals surface area (Å²) in [7, 11) is 0. The minimum atomic E-state index is -0.389. The Morgan fingerprint density at radius 1 is 1.45 bits per heavy atom. The van der Waals surface area contributed by atoms with E-state index in [4.69, 9.17) is 16.9 Å². The Labute approximate surface area is 137 Å². The monoisotopic (exact) mass is 319 g/mol. The van der Waals surface area contributed by atoms with Crippen LogP contribution in [0.2, 0.25) is 0 Å². The third kappa shape index (κ3) is 5.09. The molecule has 1 amide bonds. The third-order valence-electron chi connectivity index (χ3n) is 3.25. The summed E-state index contributed by atoms with van der Waals surface area (Å²) >= 11 is 5.56. The van der Waals surface area contributed by atoms with Gasteiger partial charge in [0, 0.05) is 24.3 Å². The normalized spacial score (nSPS) is 11.2. The van der Waals surface area contributed by atoms with E-state index in [0.717, 1.165) is 16.8 Å². The van der Waals surface area contributed by atoms with Crippen molar-refractivity contribution in [2.24, 2.45) is 0 Å². The van der Waals surface area contributed by atoms with Crippen molar-refractivity contribution in [3.8, 4) is 6.07 Å². The van der Waals surface area contributed by atoms with Gasteiger partial charge in [-0.3, -0.25) is 4.79 Å². The van der Waals surface area contributed by atoms with Gasteiger partial charge in [0.25, 0.3) is 5.91 Å². The summed E-state index contributed by atoms with van der Waals surface area (Å²) in [6.45, 7) is 6.67. The highest BCUT2D eigenvalue weighted by Crippen LogP contribution is 2.27. The molecule has 2 N–H and O–H groups in total. The summed E-state index contributed by atoms with van der Waals surface area (Å²) < 4.78 is 0. The molecule has 0 bridgehead atoms. The maximum absolute atomic E-state index is 11.9. The molecule has 0 unspecified atom stereocenters. The van der Waals surface area contributed by atoms with Crippen LogP contribution in [0.4, 0.5) is 5.69 Å². The van der Waals surface area contributed by atoms with Gasteiger partial charge in [0.1, 0.15) is 11.6 Å². The molecule has 5 heteroatoms. The molecule has 22 heavy (non-hydrogen) atoms. The largest absolute Gasteiger partial charge is 0.360 e. The number of amides is 1. The zero-order valence-corrected chi connectivity index (χ0v) is 14.0. The van der Waals surface area contributed by atoms with Gasteiger partial charge in [-0.15, -0.1) is 11.6 Å². The van der Waals surface area contributed by atoms with Crippen molar-refractivity contribution in [1.29, 1.82) is 5.26 Å². The van der Waals surface area contributed by atoms with E-state index in [1.165, 1.54) is 6.20 Å². The molecule has 118 valence electrons. The number of anilines is 1. The Kier molecular flexibility index (Phi) is 7.48. The highest BCUT2D eigenvalue weighted by molar-refractivity contribution is 6.17. The third-order valence-corrected chi connectivity index (χ3v) is 3.52. The number of para-hydroxylation sites is 1. The van der Waals surface area contributed by atoms with Gasteiger partial charge in [0.2, 0.25) is 0 Å². The Balaban J connectivity index is 2.90. The molecule has 0 atom stereocenters. The van der Waals surface area contributed by atoms with Crippen LogP contribution in [0.3, 0.4) is 0 Å². The molecule has 0 saturated carbocycles. The highest BCUT2D eigenvalue weighted by atomic mass is 35.5. The lowest BCUT2D eigenvalue weighted by molar-refractivity contribution is -0.117. The molecule has 4 nitrogen and oxygen atoms in total. The lowest BCUT2D eigenvalue weighted by atomic mass is 9.98. The van der Waals surface area contributed by atoms with Crippen LogP contribution < -0.4 is 10.6 Å². The number of nitriles is 1. The van der Waals surface area contributed by atoms with E-state index in [1.807, 2.05) is 31.2 Å². The molecule has 0 fully saturated rings. The van der Waals surface area contributed by atoms with Gasteiger partial charge >= 0.3 is 0 Å². The van der Waals surface area contributed by atoms with Crippen molar-refractivity contribution in [1.82, 2.24) is 5.32 Å². The lowest BCUT2D eigenvalue weighted by Crippen LogP contribution is -2.26. The zero-order chi connectivity index (χ0) is 16.5. The summed E-state index contributed by atoms with van der Waals surface area (Å²) in [6.07, 6.45) is 2.14. The summed E-state index contributed by atoms with van der Waals surface area (Å²) in [5.74, 6) is 0.434. The average Bonchev–Trinajstić information content (AvgIpc) is 2.49. The molecule has 0 heterocycles. The molecule has 0 aliphatic heterocycles. The second-order valence-electron chi connectivity index (χ2n) is 5.31. The molecule has 0 aliphatic rings. The average molecular weight is 320 g/mol. The van der Waals surface area contributed by atoms with Gasteiger partial charge in [-0.2, -0.15) is 5.26 Å². The van der Waals surface area contributed by atoms with E-state index in [-0.39, 0.29) is 11.5 Å². The van der Waals surface area contributed by atoms with E-state index < -0.39 is 0 Å². The number of aryl methyl sites for hydroxylation is 1. The highest BCUT2D eigenvalue weighted by Gasteiger charge is 2.11. The number of carbonyl (C=O) groups is 1. The molecule has 0 aliphatic carbocycles. The molecule has 0 saturated heterocycles. The molecule has 1 rings (SSSR count). The predicted molar refractivity (Wildman–Crippen MR) is 90.9 cm³/mol. The van der Waals surface area contributed by atoms with Gasteiger partial charge in [0.05, 0.1) is 0 Å². The van der Waals surface area contributed by atoms with Gasteiger partial charge < -0.3 is 10.6 Å². The zero-order valence-electron chi connectivity index (χ0n) is 13.2. The fraction of sp³-hybridized carbons (Fsp3) is 0.412. The van der Waals surface area contributed by atoms with Crippen LogP contribution in [0.15, 0.2) is 30.0 Å². The van der Waals surface area contributed by atoms with E-state index in [2.05, 4.69) is 24.5 Å². The summed E-state index contributed by atoms with van der Waals surface area (Å²) in [4.78, 5) is 11.9. The van der Waals surface area contributed by atoms with Crippen molar-refractivity contribution < 1.29 is 4.79 Å². The first kappa shape index (κ1) is 18.1. The molecular weight excluding hydrogens is 298 g/mol. The van der Waals surface area contributed by atoms with Crippen LogP contribution in [-0.4, -0.2) is 18.3 Å². The first-order valence-corrected chi connectivity index (χ1v) is 7.85. The molecule has 0 aromatic heterocycles. The Bertz CT molecular complexity index is 588. The minimum absolute atomic E-state index is 0.0486. The number of rotatable bonds is 7. The smallest absolute Gasteiger partial charge is 0.263 e. The van der Waals surface area contributed by atoms with Crippen LogP contribution in [-0.2, 0) is 4.79 Å².